The van der Waals surface area contributed by atoms with E-state index in [2.05, 4.69) is 30.8 Å². The van der Waals surface area contributed by atoms with Crippen LogP contribution in [0, 0.1) is 0 Å². The molecule has 0 spiro atoms. The lowest BCUT2D eigenvalue weighted by Gasteiger charge is -2.09. The zero-order valence-corrected chi connectivity index (χ0v) is 11.9. The Morgan fingerprint density at radius 2 is 2.05 bits per heavy atom. The first kappa shape index (κ1) is 13.6. The molecule has 0 saturated heterocycles. The van der Waals surface area contributed by atoms with Gasteiger partial charge < -0.3 is 4.98 Å². The van der Waals surface area contributed by atoms with Gasteiger partial charge in [-0.3, -0.25) is 15.6 Å². The van der Waals surface area contributed by atoms with Crippen molar-refractivity contribution in [1.82, 2.24) is 25.4 Å². The molecule has 0 fully saturated rings. The van der Waals surface area contributed by atoms with Crippen molar-refractivity contribution >= 4 is 46.1 Å². The van der Waals surface area contributed by atoms with Gasteiger partial charge in [-0.05, 0) is 18.2 Å². The van der Waals surface area contributed by atoms with Crippen LogP contribution in [0.5, 0.6) is 0 Å². The molecule has 9 heteroatoms. The van der Waals surface area contributed by atoms with E-state index in [1.54, 1.807) is 6.07 Å². The van der Waals surface area contributed by atoms with E-state index in [0.717, 1.165) is 0 Å². The largest absolute Gasteiger partial charge is 0.340 e. The zero-order valence-electron chi connectivity index (χ0n) is 10.4. The number of fused-ring (bicyclic) bond motifs is 1. The molecule has 3 N–H and O–H groups in total. The van der Waals surface area contributed by atoms with Crippen molar-refractivity contribution in [3.8, 4) is 0 Å². The number of aromatic amines is 1. The fourth-order valence-electron chi connectivity index (χ4n) is 1.72. The van der Waals surface area contributed by atoms with Crippen molar-refractivity contribution in [1.29, 1.82) is 0 Å². The first-order valence-corrected chi connectivity index (χ1v) is 6.56. The second kappa shape index (κ2) is 5.55. The minimum absolute atomic E-state index is 0.260. The lowest BCUT2D eigenvalue weighted by Crippen LogP contribution is -2.30. The highest BCUT2D eigenvalue weighted by Gasteiger charge is 2.12. The van der Waals surface area contributed by atoms with Gasteiger partial charge in [0.25, 0.3) is 5.91 Å². The number of amides is 1. The molecule has 0 radical (unpaired) electrons. The second-order valence-corrected chi connectivity index (χ2v) is 4.87. The van der Waals surface area contributed by atoms with Crippen LogP contribution in [-0.4, -0.2) is 25.8 Å². The number of imidazole rings is 1. The number of aromatic nitrogens is 4. The third-order valence-corrected chi connectivity index (χ3v) is 3.24. The van der Waals surface area contributed by atoms with Crippen molar-refractivity contribution in [3.05, 3.63) is 46.5 Å². The minimum atomic E-state index is -0.414. The highest BCUT2D eigenvalue weighted by Crippen LogP contribution is 2.21. The quantitative estimate of drug-likeness (QED) is 0.643. The Labute approximate surface area is 128 Å². The first-order chi connectivity index (χ1) is 10.1. The number of rotatable bonds is 3. The average Bonchev–Trinajstić information content (AvgIpc) is 2.93. The van der Waals surface area contributed by atoms with Crippen LogP contribution in [0.25, 0.3) is 11.2 Å². The molecule has 1 aromatic carbocycles. The van der Waals surface area contributed by atoms with Gasteiger partial charge in [0, 0.05) is 5.02 Å². The Morgan fingerprint density at radius 3 is 2.86 bits per heavy atom. The predicted molar refractivity (Wildman–Crippen MR) is 79.2 cm³/mol. The summed E-state index contributed by atoms with van der Waals surface area (Å²) < 4.78 is 0. The molecule has 21 heavy (non-hydrogen) atoms. The van der Waals surface area contributed by atoms with Crippen LogP contribution < -0.4 is 10.9 Å². The van der Waals surface area contributed by atoms with Gasteiger partial charge in [-0.25, -0.2) is 15.0 Å². The number of nitrogens with zero attached hydrogens (tertiary/aromatic N) is 3. The SMILES string of the molecule is O=C(NNc1ncnc2nc[nH]c12)c1ccc(Cl)cc1Cl. The summed E-state index contributed by atoms with van der Waals surface area (Å²) in [5.74, 6) is -0.0149. The third-order valence-electron chi connectivity index (χ3n) is 2.69. The van der Waals surface area contributed by atoms with E-state index in [1.807, 2.05) is 0 Å². The summed E-state index contributed by atoms with van der Waals surface area (Å²) in [5.41, 5.74) is 6.57. The summed E-state index contributed by atoms with van der Waals surface area (Å²) in [6.45, 7) is 0. The molecule has 106 valence electrons. The minimum Gasteiger partial charge on any atom is -0.340 e. The Bertz CT molecular complexity index is 818. The van der Waals surface area contributed by atoms with E-state index in [1.165, 1.54) is 24.8 Å². The zero-order chi connectivity index (χ0) is 14.8. The van der Waals surface area contributed by atoms with Crippen LogP contribution in [-0.2, 0) is 0 Å². The Kier molecular flexibility index (Phi) is 3.59. The standard InChI is InChI=1S/C12H8Cl2N6O/c13-6-1-2-7(8(14)3-6)12(21)20-19-11-9-10(16-4-15-9)17-5-18-11/h1-5H,(H,20,21)(H2,15,16,17,18,19). The van der Waals surface area contributed by atoms with E-state index in [-0.39, 0.29) is 5.02 Å². The number of halogens is 2. The number of hydrogen-bond acceptors (Lipinski definition) is 5. The number of nitrogens with one attached hydrogen (secondary N) is 3. The number of hydrazine groups is 1. The topological polar surface area (TPSA) is 95.6 Å². The molecule has 0 unspecified atom stereocenters. The van der Waals surface area contributed by atoms with Crippen LogP contribution in [0.4, 0.5) is 5.82 Å². The molecule has 0 aliphatic rings. The fourth-order valence-corrected chi connectivity index (χ4v) is 2.21. The number of hydrogen-bond donors (Lipinski definition) is 3. The molecule has 0 saturated carbocycles. The summed E-state index contributed by atoms with van der Waals surface area (Å²) >= 11 is 11.8. The molecule has 2 aromatic heterocycles. The van der Waals surface area contributed by atoms with Gasteiger partial charge in [0.2, 0.25) is 0 Å². The van der Waals surface area contributed by atoms with Crippen LogP contribution in [0.2, 0.25) is 10.0 Å². The molecule has 3 aromatic rings. The summed E-state index contributed by atoms with van der Waals surface area (Å²) in [6.07, 6.45) is 2.83. The molecular formula is C12H8Cl2N6O. The van der Waals surface area contributed by atoms with Gasteiger partial charge in [-0.15, -0.1) is 0 Å². The number of anilines is 1. The number of H-pyrrole nitrogens is 1. The van der Waals surface area contributed by atoms with E-state index in [9.17, 15) is 4.79 Å². The lowest BCUT2D eigenvalue weighted by molar-refractivity contribution is 0.0962. The van der Waals surface area contributed by atoms with Crippen LogP contribution >= 0.6 is 23.2 Å². The molecule has 0 aliphatic carbocycles. The van der Waals surface area contributed by atoms with Crippen LogP contribution in [0.15, 0.2) is 30.9 Å². The number of carbonyl (C=O) groups excluding carboxylic acids is 1. The predicted octanol–water partition coefficient (Wildman–Crippen LogP) is 2.42. The maximum atomic E-state index is 12.1. The molecule has 7 nitrogen and oxygen atoms in total. The molecule has 3 rings (SSSR count). The van der Waals surface area contributed by atoms with Crippen molar-refractivity contribution in [3.63, 3.8) is 0 Å². The van der Waals surface area contributed by atoms with E-state index in [0.29, 0.717) is 27.6 Å². The molecule has 0 bridgehead atoms. The maximum Gasteiger partial charge on any atom is 0.271 e. The molecule has 1 amide bonds. The summed E-state index contributed by atoms with van der Waals surface area (Å²) in [4.78, 5) is 26.9. The third kappa shape index (κ3) is 2.74. The van der Waals surface area contributed by atoms with Crippen molar-refractivity contribution in [2.24, 2.45) is 0 Å². The van der Waals surface area contributed by atoms with Gasteiger partial charge in [0.15, 0.2) is 11.5 Å². The summed E-state index contributed by atoms with van der Waals surface area (Å²) in [7, 11) is 0. The lowest BCUT2D eigenvalue weighted by atomic mass is 10.2. The van der Waals surface area contributed by atoms with E-state index < -0.39 is 5.91 Å². The number of carbonyl (C=O) groups is 1. The molecule has 0 atom stereocenters. The van der Waals surface area contributed by atoms with Crippen LogP contribution in [0.1, 0.15) is 10.4 Å². The fraction of sp³-hybridized carbons (Fsp3) is 0. The Balaban J connectivity index is 1.78. The van der Waals surface area contributed by atoms with E-state index in [4.69, 9.17) is 23.2 Å². The maximum absolute atomic E-state index is 12.1. The van der Waals surface area contributed by atoms with Gasteiger partial charge in [-0.1, -0.05) is 23.2 Å². The summed E-state index contributed by atoms with van der Waals surface area (Å²) in [5, 5.41) is 0.718. The van der Waals surface area contributed by atoms with Crippen molar-refractivity contribution in [2.45, 2.75) is 0 Å². The summed E-state index contributed by atoms with van der Waals surface area (Å²) in [6, 6.07) is 4.61. The van der Waals surface area contributed by atoms with Gasteiger partial charge >= 0.3 is 0 Å². The molecular weight excluding hydrogens is 315 g/mol. The van der Waals surface area contributed by atoms with E-state index >= 15 is 0 Å². The normalized spacial score (nSPS) is 10.6. The Morgan fingerprint density at radius 1 is 1.19 bits per heavy atom. The van der Waals surface area contributed by atoms with Gasteiger partial charge in [0.05, 0.1) is 16.9 Å². The monoisotopic (exact) mass is 322 g/mol. The van der Waals surface area contributed by atoms with Crippen LogP contribution in [0.3, 0.4) is 0 Å². The van der Waals surface area contributed by atoms with Crippen molar-refractivity contribution < 1.29 is 4.79 Å². The van der Waals surface area contributed by atoms with Gasteiger partial charge in [-0.2, -0.15) is 0 Å². The molecule has 0 aliphatic heterocycles. The number of benzene rings is 1. The highest BCUT2D eigenvalue weighted by molar-refractivity contribution is 6.36. The van der Waals surface area contributed by atoms with Gasteiger partial charge in [0.1, 0.15) is 11.8 Å². The Hall–Kier alpha value is -2.38. The van der Waals surface area contributed by atoms with Crippen molar-refractivity contribution in [2.75, 3.05) is 5.43 Å². The smallest absolute Gasteiger partial charge is 0.271 e. The average molecular weight is 323 g/mol. The highest BCUT2D eigenvalue weighted by atomic mass is 35.5. The first-order valence-electron chi connectivity index (χ1n) is 5.80. The molecule has 2 heterocycles. The second-order valence-electron chi connectivity index (χ2n) is 4.03.